The lowest BCUT2D eigenvalue weighted by Crippen LogP contribution is -2.07. The Morgan fingerprint density at radius 3 is 2.50 bits per heavy atom. The molecule has 0 atom stereocenters. The fourth-order valence-corrected chi connectivity index (χ4v) is 1.26. The minimum absolute atomic E-state index is 0.141. The SMILES string of the molecule is CC(C)c1ccc(OC(=O)CCC#N)cc1. The molecule has 3 heteroatoms. The monoisotopic (exact) mass is 217 g/mol. The Balaban J connectivity index is 2.55. The number of hydrogen-bond acceptors (Lipinski definition) is 3. The van der Waals surface area contributed by atoms with Crippen LogP contribution in [0.4, 0.5) is 0 Å². The van der Waals surface area contributed by atoms with Gasteiger partial charge < -0.3 is 4.74 Å². The molecule has 0 aliphatic carbocycles. The van der Waals surface area contributed by atoms with Crippen LogP contribution in [0.2, 0.25) is 0 Å². The highest BCUT2D eigenvalue weighted by atomic mass is 16.5. The minimum atomic E-state index is -0.362. The highest BCUT2D eigenvalue weighted by molar-refractivity contribution is 5.72. The van der Waals surface area contributed by atoms with Crippen LogP contribution in [0.25, 0.3) is 0 Å². The van der Waals surface area contributed by atoms with Crippen molar-refractivity contribution in [2.75, 3.05) is 0 Å². The minimum Gasteiger partial charge on any atom is -0.427 e. The van der Waals surface area contributed by atoms with Crippen LogP contribution >= 0.6 is 0 Å². The molecule has 0 fully saturated rings. The first-order chi connectivity index (χ1) is 7.63. The van der Waals surface area contributed by atoms with Gasteiger partial charge in [-0.25, -0.2) is 0 Å². The number of nitriles is 1. The van der Waals surface area contributed by atoms with Gasteiger partial charge in [0.2, 0.25) is 0 Å². The van der Waals surface area contributed by atoms with E-state index >= 15 is 0 Å². The largest absolute Gasteiger partial charge is 0.427 e. The first-order valence-electron chi connectivity index (χ1n) is 5.31. The van der Waals surface area contributed by atoms with Gasteiger partial charge in [-0.1, -0.05) is 26.0 Å². The number of esters is 1. The van der Waals surface area contributed by atoms with E-state index in [1.54, 1.807) is 12.1 Å². The van der Waals surface area contributed by atoms with Gasteiger partial charge >= 0.3 is 5.97 Å². The predicted molar refractivity (Wildman–Crippen MR) is 61.0 cm³/mol. The molecule has 0 spiro atoms. The van der Waals surface area contributed by atoms with Crippen molar-refractivity contribution in [1.82, 2.24) is 0 Å². The van der Waals surface area contributed by atoms with Gasteiger partial charge in [0, 0.05) is 6.42 Å². The molecule has 1 rings (SSSR count). The maximum Gasteiger partial charge on any atom is 0.312 e. The summed E-state index contributed by atoms with van der Waals surface area (Å²) in [6.45, 7) is 4.21. The zero-order valence-electron chi connectivity index (χ0n) is 9.56. The zero-order chi connectivity index (χ0) is 12.0. The van der Waals surface area contributed by atoms with Gasteiger partial charge in [0.05, 0.1) is 12.5 Å². The van der Waals surface area contributed by atoms with Crippen LogP contribution in [-0.2, 0) is 4.79 Å². The highest BCUT2D eigenvalue weighted by Crippen LogP contribution is 2.18. The van der Waals surface area contributed by atoms with E-state index in [9.17, 15) is 4.79 Å². The third-order valence-electron chi connectivity index (χ3n) is 2.22. The topological polar surface area (TPSA) is 50.1 Å². The van der Waals surface area contributed by atoms with Crippen molar-refractivity contribution < 1.29 is 9.53 Å². The standard InChI is InChI=1S/C13H15NO2/c1-10(2)11-5-7-12(8-6-11)16-13(15)4-3-9-14/h5-8,10H,3-4H2,1-2H3. The molecule has 0 N–H and O–H groups in total. The van der Waals surface area contributed by atoms with Crippen LogP contribution in [0.3, 0.4) is 0 Å². The number of rotatable bonds is 4. The number of hydrogen-bond donors (Lipinski definition) is 0. The van der Waals surface area contributed by atoms with E-state index in [2.05, 4.69) is 13.8 Å². The molecule has 3 nitrogen and oxygen atoms in total. The average Bonchev–Trinajstić information content (AvgIpc) is 2.27. The Hall–Kier alpha value is -1.82. The molecule has 0 aliphatic rings. The summed E-state index contributed by atoms with van der Waals surface area (Å²) in [6, 6.07) is 9.35. The first kappa shape index (κ1) is 12.3. The fraction of sp³-hybridized carbons (Fsp3) is 0.385. The molecular formula is C13H15NO2. The van der Waals surface area contributed by atoms with E-state index in [1.807, 2.05) is 18.2 Å². The summed E-state index contributed by atoms with van der Waals surface area (Å²) in [6.07, 6.45) is 0.339. The fourth-order valence-electron chi connectivity index (χ4n) is 1.26. The van der Waals surface area contributed by atoms with Crippen LogP contribution in [0.1, 0.15) is 38.2 Å². The number of carbonyl (C=O) groups excluding carboxylic acids is 1. The van der Waals surface area contributed by atoms with Gasteiger partial charge in [-0.3, -0.25) is 4.79 Å². The third kappa shape index (κ3) is 3.74. The molecule has 0 amide bonds. The van der Waals surface area contributed by atoms with Crippen molar-refractivity contribution in [2.24, 2.45) is 0 Å². The Kier molecular flexibility index (Phi) is 4.53. The van der Waals surface area contributed by atoms with Gasteiger partial charge in [-0.05, 0) is 23.6 Å². The number of benzene rings is 1. The van der Waals surface area contributed by atoms with Crippen LogP contribution in [0.15, 0.2) is 24.3 Å². The summed E-state index contributed by atoms with van der Waals surface area (Å²) in [5.41, 5.74) is 1.21. The van der Waals surface area contributed by atoms with Crippen molar-refractivity contribution in [1.29, 1.82) is 5.26 Å². The van der Waals surface area contributed by atoms with E-state index in [-0.39, 0.29) is 18.8 Å². The number of nitrogens with zero attached hydrogens (tertiary/aromatic N) is 1. The first-order valence-corrected chi connectivity index (χ1v) is 5.31. The summed E-state index contributed by atoms with van der Waals surface area (Å²) >= 11 is 0. The molecule has 1 aromatic carbocycles. The number of carbonyl (C=O) groups is 1. The van der Waals surface area contributed by atoms with Crippen LogP contribution < -0.4 is 4.74 Å². The molecule has 16 heavy (non-hydrogen) atoms. The van der Waals surface area contributed by atoms with E-state index < -0.39 is 0 Å². The smallest absolute Gasteiger partial charge is 0.312 e. The van der Waals surface area contributed by atoms with Gasteiger partial charge in [-0.15, -0.1) is 0 Å². The molecule has 0 saturated heterocycles. The average molecular weight is 217 g/mol. The zero-order valence-corrected chi connectivity index (χ0v) is 9.56. The second kappa shape index (κ2) is 5.92. The van der Waals surface area contributed by atoms with Crippen LogP contribution in [-0.4, -0.2) is 5.97 Å². The predicted octanol–water partition coefficient (Wildman–Crippen LogP) is 3.02. The van der Waals surface area contributed by atoms with Gasteiger partial charge in [0.25, 0.3) is 0 Å². The Morgan fingerprint density at radius 2 is 2.00 bits per heavy atom. The summed E-state index contributed by atoms with van der Waals surface area (Å²) in [4.78, 5) is 11.2. The van der Waals surface area contributed by atoms with E-state index in [0.717, 1.165) is 0 Å². The van der Waals surface area contributed by atoms with Crippen molar-refractivity contribution in [3.05, 3.63) is 29.8 Å². The Morgan fingerprint density at radius 1 is 1.38 bits per heavy atom. The van der Waals surface area contributed by atoms with Gasteiger partial charge in [-0.2, -0.15) is 5.26 Å². The lowest BCUT2D eigenvalue weighted by Gasteiger charge is -2.07. The Bertz CT molecular complexity index is 387. The lowest BCUT2D eigenvalue weighted by atomic mass is 10.0. The van der Waals surface area contributed by atoms with E-state index in [1.165, 1.54) is 5.56 Å². The Labute approximate surface area is 95.7 Å². The van der Waals surface area contributed by atoms with Crippen molar-refractivity contribution >= 4 is 5.97 Å². The maximum absolute atomic E-state index is 11.2. The molecule has 0 saturated carbocycles. The van der Waals surface area contributed by atoms with Crippen LogP contribution in [0.5, 0.6) is 5.75 Å². The van der Waals surface area contributed by atoms with Gasteiger partial charge in [0.1, 0.15) is 5.75 Å². The van der Waals surface area contributed by atoms with Crippen molar-refractivity contribution in [3.63, 3.8) is 0 Å². The van der Waals surface area contributed by atoms with Crippen molar-refractivity contribution in [2.45, 2.75) is 32.6 Å². The van der Waals surface area contributed by atoms with E-state index in [4.69, 9.17) is 10.00 Å². The third-order valence-corrected chi connectivity index (χ3v) is 2.22. The summed E-state index contributed by atoms with van der Waals surface area (Å²) in [5.74, 6) is 0.634. The molecule has 1 aromatic rings. The van der Waals surface area contributed by atoms with Gasteiger partial charge in [0.15, 0.2) is 0 Å². The normalized spacial score (nSPS) is 9.88. The molecule has 0 bridgehead atoms. The quantitative estimate of drug-likeness (QED) is 0.575. The summed E-state index contributed by atoms with van der Waals surface area (Å²) in [7, 11) is 0. The maximum atomic E-state index is 11.2. The summed E-state index contributed by atoms with van der Waals surface area (Å²) < 4.78 is 5.06. The molecular weight excluding hydrogens is 202 g/mol. The lowest BCUT2D eigenvalue weighted by molar-refractivity contribution is -0.134. The van der Waals surface area contributed by atoms with Crippen LogP contribution in [0, 0.1) is 11.3 Å². The van der Waals surface area contributed by atoms with Crippen molar-refractivity contribution in [3.8, 4) is 11.8 Å². The molecule has 0 heterocycles. The van der Waals surface area contributed by atoms with E-state index in [0.29, 0.717) is 11.7 Å². The second-order valence-electron chi connectivity index (χ2n) is 3.86. The highest BCUT2D eigenvalue weighted by Gasteiger charge is 2.05. The second-order valence-corrected chi connectivity index (χ2v) is 3.86. The molecule has 0 aliphatic heterocycles. The number of ether oxygens (including phenoxy) is 1. The summed E-state index contributed by atoms with van der Waals surface area (Å²) in [5, 5.41) is 8.32. The molecule has 0 radical (unpaired) electrons. The molecule has 0 aromatic heterocycles. The molecule has 84 valence electrons. The molecule has 0 unspecified atom stereocenters.